The first kappa shape index (κ1) is 22.3. The van der Waals surface area contributed by atoms with Crippen LogP contribution in [0.4, 0.5) is 5.13 Å². The predicted molar refractivity (Wildman–Crippen MR) is 128 cm³/mol. The van der Waals surface area contributed by atoms with Crippen molar-refractivity contribution in [2.75, 3.05) is 31.5 Å². The second kappa shape index (κ2) is 10.6. The number of carbonyl (C=O) groups excluding carboxylic acids is 2. The van der Waals surface area contributed by atoms with Crippen molar-refractivity contribution >= 4 is 28.2 Å². The van der Waals surface area contributed by atoms with Gasteiger partial charge in [-0.3, -0.25) is 24.7 Å². The summed E-state index contributed by atoms with van der Waals surface area (Å²) in [6.07, 6.45) is 0.196. The monoisotopic (exact) mass is 448 g/mol. The van der Waals surface area contributed by atoms with Crippen LogP contribution in [0.15, 0.2) is 66.0 Å². The molecule has 3 aromatic rings. The Morgan fingerprint density at radius 2 is 1.56 bits per heavy atom. The maximum Gasteiger partial charge on any atom is 0.293 e. The zero-order chi connectivity index (χ0) is 22.3. The number of thiazole rings is 1. The highest BCUT2D eigenvalue weighted by atomic mass is 32.1. The Morgan fingerprint density at radius 1 is 0.969 bits per heavy atom. The SMILES string of the molecule is CCC(=O)C(=O)Nc1nc(CN2CCN(C(c3ccccc3)c3ccccc3)CC2)cs1. The molecule has 1 aliphatic heterocycles. The van der Waals surface area contributed by atoms with Gasteiger partial charge in [-0.15, -0.1) is 11.3 Å². The second-order valence-corrected chi connectivity index (χ2v) is 8.77. The molecule has 1 N–H and O–H groups in total. The fourth-order valence-corrected chi connectivity index (χ4v) is 4.75. The van der Waals surface area contributed by atoms with Gasteiger partial charge in [0.05, 0.1) is 11.7 Å². The lowest BCUT2D eigenvalue weighted by atomic mass is 9.96. The first-order chi connectivity index (χ1) is 15.6. The molecule has 32 heavy (non-hydrogen) atoms. The van der Waals surface area contributed by atoms with Crippen LogP contribution in [0.25, 0.3) is 0 Å². The van der Waals surface area contributed by atoms with Crippen molar-refractivity contribution in [1.82, 2.24) is 14.8 Å². The smallest absolute Gasteiger partial charge is 0.293 e. The largest absolute Gasteiger partial charge is 0.295 e. The van der Waals surface area contributed by atoms with E-state index in [4.69, 9.17) is 0 Å². The highest BCUT2D eigenvalue weighted by Gasteiger charge is 2.26. The first-order valence-electron chi connectivity index (χ1n) is 11.0. The molecule has 4 rings (SSSR count). The van der Waals surface area contributed by atoms with Crippen LogP contribution in [0.2, 0.25) is 0 Å². The lowest BCUT2D eigenvalue weighted by Gasteiger charge is -2.39. The fraction of sp³-hybridized carbons (Fsp3) is 0.320. The normalized spacial score (nSPS) is 15.1. The van der Waals surface area contributed by atoms with Crippen LogP contribution in [0.3, 0.4) is 0 Å². The number of nitrogens with one attached hydrogen (secondary N) is 1. The summed E-state index contributed by atoms with van der Waals surface area (Å²) in [5.41, 5.74) is 3.55. The van der Waals surface area contributed by atoms with Crippen LogP contribution in [-0.4, -0.2) is 52.7 Å². The number of anilines is 1. The van der Waals surface area contributed by atoms with Crippen LogP contribution >= 0.6 is 11.3 Å². The number of benzene rings is 2. The average molecular weight is 449 g/mol. The number of carbonyl (C=O) groups is 2. The third-order valence-corrected chi connectivity index (χ3v) is 6.54. The van der Waals surface area contributed by atoms with E-state index < -0.39 is 11.7 Å². The summed E-state index contributed by atoms with van der Waals surface area (Å²) in [5.74, 6) is -1.01. The molecule has 0 spiro atoms. The Balaban J connectivity index is 1.37. The molecule has 1 aromatic heterocycles. The molecule has 0 radical (unpaired) electrons. The zero-order valence-electron chi connectivity index (χ0n) is 18.2. The molecule has 0 aliphatic carbocycles. The van der Waals surface area contributed by atoms with Crippen molar-refractivity contribution < 1.29 is 9.59 Å². The lowest BCUT2D eigenvalue weighted by molar-refractivity contribution is -0.134. The zero-order valence-corrected chi connectivity index (χ0v) is 19.1. The molecule has 6 nitrogen and oxygen atoms in total. The molecule has 166 valence electrons. The van der Waals surface area contributed by atoms with Gasteiger partial charge in [0.25, 0.3) is 5.91 Å². The van der Waals surface area contributed by atoms with E-state index in [0.29, 0.717) is 5.13 Å². The molecule has 1 aliphatic rings. The summed E-state index contributed by atoms with van der Waals surface area (Å²) in [5, 5.41) is 5.04. The highest BCUT2D eigenvalue weighted by molar-refractivity contribution is 7.14. The van der Waals surface area contributed by atoms with E-state index in [1.165, 1.54) is 22.5 Å². The molecular formula is C25H28N4O2S. The molecule has 2 aromatic carbocycles. The minimum atomic E-state index is -0.588. The Labute approximate surface area is 192 Å². The van der Waals surface area contributed by atoms with Gasteiger partial charge in [-0.2, -0.15) is 0 Å². The second-order valence-electron chi connectivity index (χ2n) is 7.91. The highest BCUT2D eigenvalue weighted by Crippen LogP contribution is 2.29. The summed E-state index contributed by atoms with van der Waals surface area (Å²) in [6.45, 7) is 6.24. The Morgan fingerprint density at radius 3 is 2.12 bits per heavy atom. The number of aromatic nitrogens is 1. The predicted octanol–water partition coefficient (Wildman–Crippen LogP) is 3.97. The van der Waals surface area contributed by atoms with Crippen LogP contribution in [-0.2, 0) is 16.1 Å². The third kappa shape index (κ3) is 5.48. The standard InChI is InChI=1S/C25H28N4O2S/c1-2-22(30)24(31)27-25-26-21(18-32-25)17-28-13-15-29(16-14-28)23(19-9-5-3-6-10-19)20-11-7-4-8-12-20/h3-12,18,23H,2,13-17H2,1H3,(H,26,27,31). The van der Waals surface area contributed by atoms with Crippen LogP contribution in [0, 0.1) is 0 Å². The van der Waals surface area contributed by atoms with Gasteiger partial charge in [0.1, 0.15) is 0 Å². The van der Waals surface area contributed by atoms with Crippen molar-refractivity contribution in [2.45, 2.75) is 25.9 Å². The molecule has 1 amide bonds. The molecule has 0 bridgehead atoms. The molecule has 7 heteroatoms. The van der Waals surface area contributed by atoms with Gasteiger partial charge in [0, 0.05) is 44.5 Å². The number of Topliss-reactive ketones (excluding diaryl/α,β-unsaturated/α-hetero) is 1. The number of nitrogens with zero attached hydrogens (tertiary/aromatic N) is 3. The van der Waals surface area contributed by atoms with Gasteiger partial charge in [0.2, 0.25) is 5.78 Å². The summed E-state index contributed by atoms with van der Waals surface area (Å²) in [4.78, 5) is 32.7. The number of rotatable bonds is 8. The number of hydrogen-bond donors (Lipinski definition) is 1. The quantitative estimate of drug-likeness (QED) is 0.528. The summed E-state index contributed by atoms with van der Waals surface area (Å²) < 4.78 is 0. The fourth-order valence-electron chi connectivity index (χ4n) is 4.06. The van der Waals surface area contributed by atoms with E-state index in [9.17, 15) is 9.59 Å². The van der Waals surface area contributed by atoms with Crippen molar-refractivity contribution in [3.05, 3.63) is 82.9 Å². The Hall–Kier alpha value is -2.87. The van der Waals surface area contributed by atoms with Gasteiger partial charge in [-0.1, -0.05) is 67.6 Å². The van der Waals surface area contributed by atoms with E-state index in [0.717, 1.165) is 38.4 Å². The summed E-state index contributed by atoms with van der Waals surface area (Å²) in [7, 11) is 0. The van der Waals surface area contributed by atoms with Crippen molar-refractivity contribution in [3.63, 3.8) is 0 Å². The van der Waals surface area contributed by atoms with Gasteiger partial charge in [-0.05, 0) is 11.1 Å². The number of hydrogen-bond acceptors (Lipinski definition) is 6. The van der Waals surface area contributed by atoms with Crippen molar-refractivity contribution in [3.8, 4) is 0 Å². The van der Waals surface area contributed by atoms with Crippen molar-refractivity contribution in [1.29, 1.82) is 0 Å². The van der Waals surface area contributed by atoms with Crippen LogP contribution in [0.1, 0.15) is 36.2 Å². The van der Waals surface area contributed by atoms with Gasteiger partial charge in [-0.25, -0.2) is 4.98 Å². The molecule has 0 unspecified atom stereocenters. The van der Waals surface area contributed by atoms with Crippen LogP contribution in [0.5, 0.6) is 0 Å². The molecule has 0 saturated carbocycles. The average Bonchev–Trinajstić information content (AvgIpc) is 3.27. The van der Waals surface area contributed by atoms with E-state index in [-0.39, 0.29) is 12.5 Å². The molecule has 1 saturated heterocycles. The topological polar surface area (TPSA) is 65.5 Å². The lowest BCUT2D eigenvalue weighted by Crippen LogP contribution is -2.47. The van der Waals surface area contributed by atoms with Crippen LogP contribution < -0.4 is 5.32 Å². The first-order valence-corrected chi connectivity index (χ1v) is 11.9. The summed E-state index contributed by atoms with van der Waals surface area (Å²) in [6, 6.07) is 21.6. The minimum Gasteiger partial charge on any atom is -0.295 e. The Kier molecular flexibility index (Phi) is 7.42. The molecular weight excluding hydrogens is 420 g/mol. The maximum absolute atomic E-state index is 11.8. The molecule has 0 atom stereocenters. The molecule has 2 heterocycles. The number of ketones is 1. The van der Waals surface area contributed by atoms with Crippen molar-refractivity contribution in [2.24, 2.45) is 0 Å². The Bertz CT molecular complexity index is 991. The van der Waals surface area contributed by atoms with E-state index in [1.807, 2.05) is 5.38 Å². The van der Waals surface area contributed by atoms with Gasteiger partial charge >= 0.3 is 0 Å². The van der Waals surface area contributed by atoms with E-state index in [2.05, 4.69) is 80.8 Å². The maximum atomic E-state index is 11.8. The van der Waals surface area contributed by atoms with E-state index >= 15 is 0 Å². The van der Waals surface area contributed by atoms with Gasteiger partial charge in [0.15, 0.2) is 5.13 Å². The minimum absolute atomic E-state index is 0.196. The van der Waals surface area contributed by atoms with Gasteiger partial charge < -0.3 is 0 Å². The number of piperazine rings is 1. The van der Waals surface area contributed by atoms with E-state index in [1.54, 1.807) is 6.92 Å². The summed E-state index contributed by atoms with van der Waals surface area (Å²) >= 11 is 1.36. The number of amides is 1. The third-order valence-electron chi connectivity index (χ3n) is 5.73. The molecule has 1 fully saturated rings.